The molecule has 1 atom stereocenters. The van der Waals surface area contributed by atoms with Crippen molar-refractivity contribution in [3.05, 3.63) is 11.9 Å². The third-order valence-electron chi connectivity index (χ3n) is 3.31. The molecular weight excluding hydrogens is 304 g/mol. The summed E-state index contributed by atoms with van der Waals surface area (Å²) in [6.07, 6.45) is 2.45. The van der Waals surface area contributed by atoms with Gasteiger partial charge in [-0.05, 0) is 33.6 Å². The molecule has 1 saturated heterocycles. The Kier molecular flexibility index (Phi) is 4.67. The van der Waals surface area contributed by atoms with E-state index in [4.69, 9.17) is 9.84 Å². The molecule has 9 heteroatoms. The van der Waals surface area contributed by atoms with E-state index in [1.165, 1.54) is 11.1 Å². The van der Waals surface area contributed by atoms with E-state index < -0.39 is 23.6 Å². The van der Waals surface area contributed by atoms with Crippen LogP contribution in [0.3, 0.4) is 0 Å². The molecule has 0 spiro atoms. The minimum absolute atomic E-state index is 0.167. The summed E-state index contributed by atoms with van der Waals surface area (Å²) in [6, 6.07) is -0.607. The molecule has 0 bridgehead atoms. The second-order valence-corrected chi connectivity index (χ2v) is 6.39. The van der Waals surface area contributed by atoms with Crippen LogP contribution in [0.5, 0.6) is 0 Å². The molecule has 0 radical (unpaired) electrons. The highest BCUT2D eigenvalue weighted by atomic mass is 16.6. The van der Waals surface area contributed by atoms with Crippen molar-refractivity contribution in [1.29, 1.82) is 0 Å². The molecule has 1 aliphatic rings. The number of carbonyl (C=O) groups excluding carboxylic acids is 2. The fourth-order valence-electron chi connectivity index (χ4n) is 2.38. The zero-order chi connectivity index (χ0) is 17.2. The van der Waals surface area contributed by atoms with Gasteiger partial charge in [0.15, 0.2) is 5.69 Å². The maximum Gasteiger partial charge on any atom is 0.358 e. The van der Waals surface area contributed by atoms with Gasteiger partial charge in [0.25, 0.3) is 0 Å². The quantitative estimate of drug-likeness (QED) is 0.792. The second kappa shape index (κ2) is 6.35. The molecule has 1 fully saturated rings. The Morgan fingerprint density at radius 2 is 2.09 bits per heavy atom. The number of rotatable bonds is 4. The topological polar surface area (TPSA) is 115 Å². The van der Waals surface area contributed by atoms with Crippen molar-refractivity contribution in [1.82, 2.24) is 19.9 Å². The first-order valence-corrected chi connectivity index (χ1v) is 7.33. The summed E-state index contributed by atoms with van der Waals surface area (Å²) in [7, 11) is 0. The molecule has 0 aliphatic carbocycles. The van der Waals surface area contributed by atoms with Crippen molar-refractivity contribution >= 4 is 17.8 Å². The van der Waals surface area contributed by atoms with Crippen LogP contribution in [-0.2, 0) is 20.9 Å². The van der Waals surface area contributed by atoms with E-state index in [0.717, 1.165) is 4.68 Å². The predicted molar refractivity (Wildman–Crippen MR) is 77.6 cm³/mol. The number of aromatic carboxylic acids is 1. The summed E-state index contributed by atoms with van der Waals surface area (Å²) in [5.41, 5.74) is -0.848. The number of hydrogen-bond acceptors (Lipinski definition) is 6. The molecule has 1 N–H and O–H groups in total. The molecule has 1 aromatic rings. The number of ether oxygens (including phenoxy) is 1. The van der Waals surface area contributed by atoms with Crippen LogP contribution in [0, 0.1) is 0 Å². The highest BCUT2D eigenvalue weighted by molar-refractivity contribution is 5.86. The van der Waals surface area contributed by atoms with Crippen LogP contribution in [-0.4, -0.2) is 61.0 Å². The largest absolute Gasteiger partial charge is 0.476 e. The van der Waals surface area contributed by atoms with E-state index in [0.29, 0.717) is 19.4 Å². The minimum Gasteiger partial charge on any atom is -0.476 e. The molecule has 0 aromatic carbocycles. The van der Waals surface area contributed by atoms with Gasteiger partial charge in [0.1, 0.15) is 18.2 Å². The van der Waals surface area contributed by atoms with Gasteiger partial charge in [0, 0.05) is 6.54 Å². The molecule has 1 aromatic heterocycles. The van der Waals surface area contributed by atoms with E-state index in [-0.39, 0.29) is 18.1 Å². The van der Waals surface area contributed by atoms with Gasteiger partial charge >= 0.3 is 11.9 Å². The summed E-state index contributed by atoms with van der Waals surface area (Å²) < 4.78 is 6.49. The Bertz CT molecular complexity index is 619. The third kappa shape index (κ3) is 4.27. The molecule has 2 heterocycles. The summed E-state index contributed by atoms with van der Waals surface area (Å²) in [5.74, 6) is -1.95. The zero-order valence-electron chi connectivity index (χ0n) is 13.4. The summed E-state index contributed by atoms with van der Waals surface area (Å²) in [5, 5.41) is 15.8. The fourth-order valence-corrected chi connectivity index (χ4v) is 2.38. The Morgan fingerprint density at radius 3 is 2.65 bits per heavy atom. The van der Waals surface area contributed by atoms with E-state index in [1.54, 1.807) is 20.8 Å². The molecule has 0 saturated carbocycles. The van der Waals surface area contributed by atoms with E-state index in [1.807, 2.05) is 0 Å². The highest BCUT2D eigenvalue weighted by Gasteiger charge is 2.36. The average Bonchev–Trinajstić information content (AvgIpc) is 3.04. The van der Waals surface area contributed by atoms with Crippen molar-refractivity contribution in [3.63, 3.8) is 0 Å². The number of aromatic nitrogens is 3. The third-order valence-corrected chi connectivity index (χ3v) is 3.31. The Morgan fingerprint density at radius 1 is 1.39 bits per heavy atom. The summed E-state index contributed by atoms with van der Waals surface area (Å²) in [4.78, 5) is 36.8. The van der Waals surface area contributed by atoms with Crippen LogP contribution in [0.1, 0.15) is 44.1 Å². The number of carboxylic acids is 1. The molecule has 126 valence electrons. The SMILES string of the molecule is CC(C)(C)OC(=O)[C@@H]1CCCN1C(=O)Cn1cc(C(=O)O)nn1. The van der Waals surface area contributed by atoms with Gasteiger partial charge in [-0.15, -0.1) is 5.10 Å². The van der Waals surface area contributed by atoms with Crippen LogP contribution in [0.15, 0.2) is 6.20 Å². The zero-order valence-corrected chi connectivity index (χ0v) is 13.4. The van der Waals surface area contributed by atoms with E-state index in [9.17, 15) is 14.4 Å². The van der Waals surface area contributed by atoms with Gasteiger partial charge in [-0.3, -0.25) is 4.79 Å². The lowest BCUT2D eigenvalue weighted by molar-refractivity contribution is -0.163. The first kappa shape index (κ1) is 16.9. The maximum atomic E-state index is 12.4. The monoisotopic (exact) mass is 324 g/mol. The molecule has 0 unspecified atom stereocenters. The average molecular weight is 324 g/mol. The van der Waals surface area contributed by atoms with Crippen LogP contribution in [0.4, 0.5) is 0 Å². The lowest BCUT2D eigenvalue weighted by Gasteiger charge is -2.27. The smallest absolute Gasteiger partial charge is 0.358 e. The van der Waals surface area contributed by atoms with Gasteiger partial charge in [-0.25, -0.2) is 14.3 Å². The number of amides is 1. The first-order chi connectivity index (χ1) is 10.7. The van der Waals surface area contributed by atoms with Crippen LogP contribution >= 0.6 is 0 Å². The van der Waals surface area contributed by atoms with Crippen molar-refractivity contribution < 1.29 is 24.2 Å². The first-order valence-electron chi connectivity index (χ1n) is 7.33. The van der Waals surface area contributed by atoms with Gasteiger partial charge in [-0.1, -0.05) is 5.21 Å². The Labute approximate surface area is 133 Å². The standard InChI is InChI=1S/C14H20N4O5/c1-14(2,3)23-13(22)10-5-4-6-18(10)11(19)8-17-7-9(12(20)21)15-16-17/h7,10H,4-6,8H2,1-3H3,(H,20,21)/t10-/m0/s1. The second-order valence-electron chi connectivity index (χ2n) is 6.39. The van der Waals surface area contributed by atoms with Crippen LogP contribution in [0.2, 0.25) is 0 Å². The molecular formula is C14H20N4O5. The summed E-state index contributed by atoms with van der Waals surface area (Å²) in [6.45, 7) is 5.61. The van der Waals surface area contributed by atoms with E-state index in [2.05, 4.69) is 10.3 Å². The number of esters is 1. The Balaban J connectivity index is 2.02. The maximum absolute atomic E-state index is 12.4. The van der Waals surface area contributed by atoms with Gasteiger partial charge in [-0.2, -0.15) is 0 Å². The van der Waals surface area contributed by atoms with Gasteiger partial charge in [0.05, 0.1) is 6.20 Å². The molecule has 23 heavy (non-hydrogen) atoms. The van der Waals surface area contributed by atoms with Crippen molar-refractivity contribution in [2.24, 2.45) is 0 Å². The van der Waals surface area contributed by atoms with Crippen molar-refractivity contribution in [2.75, 3.05) is 6.54 Å². The highest BCUT2D eigenvalue weighted by Crippen LogP contribution is 2.21. The molecule has 9 nitrogen and oxygen atoms in total. The number of hydrogen-bond donors (Lipinski definition) is 1. The molecule has 1 amide bonds. The van der Waals surface area contributed by atoms with Gasteiger partial charge < -0.3 is 14.7 Å². The normalized spacial score (nSPS) is 18.0. The van der Waals surface area contributed by atoms with Gasteiger partial charge in [0.2, 0.25) is 5.91 Å². The van der Waals surface area contributed by atoms with Crippen LogP contribution < -0.4 is 0 Å². The molecule has 2 rings (SSSR count). The predicted octanol–water partition coefficient (Wildman–Crippen LogP) is 0.309. The number of nitrogens with zero attached hydrogens (tertiary/aromatic N) is 4. The van der Waals surface area contributed by atoms with Crippen molar-refractivity contribution in [3.8, 4) is 0 Å². The fraction of sp³-hybridized carbons (Fsp3) is 0.643. The van der Waals surface area contributed by atoms with E-state index >= 15 is 0 Å². The summed E-state index contributed by atoms with van der Waals surface area (Å²) >= 11 is 0. The minimum atomic E-state index is -1.21. The lowest BCUT2D eigenvalue weighted by atomic mass is 10.1. The Hall–Kier alpha value is -2.45. The number of carboxylic acid groups (broad SMARTS) is 1. The number of carbonyl (C=O) groups is 3. The van der Waals surface area contributed by atoms with Crippen molar-refractivity contribution in [2.45, 2.75) is 51.8 Å². The molecule has 1 aliphatic heterocycles. The van der Waals surface area contributed by atoms with Crippen LogP contribution in [0.25, 0.3) is 0 Å². The lowest BCUT2D eigenvalue weighted by Crippen LogP contribution is -2.44. The number of likely N-dealkylation sites (tertiary alicyclic amines) is 1.